The van der Waals surface area contributed by atoms with Gasteiger partial charge in [0, 0.05) is 25.0 Å². The van der Waals surface area contributed by atoms with Crippen molar-refractivity contribution < 1.29 is 19.0 Å². The number of piperidine rings is 1. The van der Waals surface area contributed by atoms with Gasteiger partial charge in [-0.1, -0.05) is 11.6 Å². The molecule has 2 heterocycles. The highest BCUT2D eigenvalue weighted by atomic mass is 35.5. The van der Waals surface area contributed by atoms with Gasteiger partial charge in [0.05, 0.1) is 19.3 Å². The lowest BCUT2D eigenvalue weighted by molar-refractivity contribution is -0.140. The van der Waals surface area contributed by atoms with E-state index in [4.69, 9.17) is 25.8 Å². The van der Waals surface area contributed by atoms with Crippen molar-refractivity contribution in [3.63, 3.8) is 0 Å². The summed E-state index contributed by atoms with van der Waals surface area (Å²) in [5, 5.41) is 6.96. The van der Waals surface area contributed by atoms with Gasteiger partial charge in [0.25, 0.3) is 5.91 Å². The number of methoxy groups -OCH3 is 1. The van der Waals surface area contributed by atoms with E-state index in [9.17, 15) is 4.79 Å². The summed E-state index contributed by atoms with van der Waals surface area (Å²) in [6.45, 7) is 2.42. The Bertz CT molecular complexity index is 560. The lowest BCUT2D eigenvalue weighted by Gasteiger charge is -2.37. The highest BCUT2D eigenvalue weighted by Crippen LogP contribution is 2.28. The van der Waals surface area contributed by atoms with Gasteiger partial charge in [0.2, 0.25) is 0 Å². The lowest BCUT2D eigenvalue weighted by Crippen LogP contribution is -2.59. The molecule has 1 aromatic carbocycles. The highest BCUT2D eigenvalue weighted by molar-refractivity contribution is 6.30. The van der Waals surface area contributed by atoms with Crippen LogP contribution < -0.4 is 15.4 Å². The largest absolute Gasteiger partial charge is 0.477 e. The Morgan fingerprint density at radius 2 is 2.00 bits per heavy atom. The minimum atomic E-state index is -0.889. The zero-order valence-corrected chi connectivity index (χ0v) is 14.5. The first-order valence-corrected chi connectivity index (χ1v) is 8.57. The van der Waals surface area contributed by atoms with Crippen molar-refractivity contribution in [1.29, 1.82) is 0 Å². The van der Waals surface area contributed by atoms with E-state index in [0.717, 1.165) is 13.1 Å². The van der Waals surface area contributed by atoms with Gasteiger partial charge in [-0.2, -0.15) is 0 Å². The maximum atomic E-state index is 13.0. The number of ether oxygens (including phenoxy) is 3. The van der Waals surface area contributed by atoms with E-state index in [2.05, 4.69) is 10.6 Å². The molecular formula is C17H23ClN2O4. The average molecular weight is 355 g/mol. The Morgan fingerprint density at radius 3 is 2.67 bits per heavy atom. The van der Waals surface area contributed by atoms with E-state index < -0.39 is 5.60 Å². The molecule has 0 saturated carbocycles. The van der Waals surface area contributed by atoms with Gasteiger partial charge in [-0.25, -0.2) is 0 Å². The van der Waals surface area contributed by atoms with Crippen LogP contribution >= 0.6 is 11.6 Å². The van der Waals surface area contributed by atoms with Crippen LogP contribution in [0, 0.1) is 0 Å². The number of carbonyl (C=O) groups excluding carboxylic acids is 1. The molecule has 0 unspecified atom stereocenters. The maximum absolute atomic E-state index is 13.0. The van der Waals surface area contributed by atoms with Crippen LogP contribution in [0.4, 0.5) is 0 Å². The van der Waals surface area contributed by atoms with E-state index in [1.165, 1.54) is 0 Å². The van der Waals surface area contributed by atoms with Gasteiger partial charge in [0.1, 0.15) is 11.9 Å². The van der Waals surface area contributed by atoms with Gasteiger partial charge in [-0.05, 0) is 37.4 Å². The van der Waals surface area contributed by atoms with Crippen molar-refractivity contribution in [1.82, 2.24) is 10.6 Å². The Labute approximate surface area is 146 Å². The van der Waals surface area contributed by atoms with Crippen LogP contribution in [0.5, 0.6) is 5.75 Å². The molecule has 2 aliphatic heterocycles. The van der Waals surface area contributed by atoms with E-state index in [0.29, 0.717) is 36.8 Å². The van der Waals surface area contributed by atoms with Gasteiger partial charge in [0.15, 0.2) is 5.60 Å². The third-order valence-electron chi connectivity index (χ3n) is 4.60. The number of hydrogen-bond acceptors (Lipinski definition) is 5. The fraction of sp³-hybridized carbons (Fsp3) is 0.588. The molecule has 2 atom stereocenters. The zero-order chi connectivity index (χ0) is 17.0. The predicted octanol–water partition coefficient (Wildman–Crippen LogP) is 1.37. The van der Waals surface area contributed by atoms with Crippen molar-refractivity contribution in [3.05, 3.63) is 29.3 Å². The maximum Gasteiger partial charge on any atom is 0.264 e. The van der Waals surface area contributed by atoms with Crippen molar-refractivity contribution in [2.24, 2.45) is 0 Å². The summed E-state index contributed by atoms with van der Waals surface area (Å²) in [4.78, 5) is 13.0. The SMILES string of the molecule is CO[C@H]1COC[C@@H]1NC(=O)C1(Oc2ccc(Cl)cc2)CCNCC1. The first-order chi connectivity index (χ1) is 11.6. The molecule has 0 aliphatic carbocycles. The third kappa shape index (κ3) is 3.83. The fourth-order valence-corrected chi connectivity index (χ4v) is 3.26. The predicted molar refractivity (Wildman–Crippen MR) is 90.5 cm³/mol. The van der Waals surface area contributed by atoms with Crippen LogP contribution in [-0.2, 0) is 14.3 Å². The van der Waals surface area contributed by atoms with E-state index in [1.54, 1.807) is 31.4 Å². The topological polar surface area (TPSA) is 68.8 Å². The molecule has 3 rings (SSSR count). The van der Waals surface area contributed by atoms with Gasteiger partial charge in [-0.3, -0.25) is 4.79 Å². The smallest absolute Gasteiger partial charge is 0.264 e. The van der Waals surface area contributed by atoms with Crippen LogP contribution in [0.25, 0.3) is 0 Å². The quantitative estimate of drug-likeness (QED) is 0.836. The molecule has 1 amide bonds. The molecule has 2 saturated heterocycles. The van der Waals surface area contributed by atoms with E-state index in [1.807, 2.05) is 0 Å². The molecule has 24 heavy (non-hydrogen) atoms. The Kier molecular flexibility index (Phi) is 5.61. The first kappa shape index (κ1) is 17.5. The van der Waals surface area contributed by atoms with Crippen molar-refractivity contribution in [2.75, 3.05) is 33.4 Å². The number of carbonyl (C=O) groups is 1. The van der Waals surface area contributed by atoms with E-state index >= 15 is 0 Å². The number of nitrogens with one attached hydrogen (secondary N) is 2. The van der Waals surface area contributed by atoms with Crippen LogP contribution in [0.2, 0.25) is 5.02 Å². The zero-order valence-electron chi connectivity index (χ0n) is 13.7. The van der Waals surface area contributed by atoms with Gasteiger partial charge >= 0.3 is 0 Å². The summed E-state index contributed by atoms with van der Waals surface area (Å²) in [6, 6.07) is 6.94. The van der Waals surface area contributed by atoms with Crippen LogP contribution in [0.3, 0.4) is 0 Å². The molecule has 6 nitrogen and oxygen atoms in total. The Morgan fingerprint density at radius 1 is 1.29 bits per heavy atom. The summed E-state index contributed by atoms with van der Waals surface area (Å²) in [6.07, 6.45) is 1.09. The Balaban J connectivity index is 1.74. The molecular weight excluding hydrogens is 332 g/mol. The summed E-state index contributed by atoms with van der Waals surface area (Å²) in [7, 11) is 1.63. The minimum absolute atomic E-state index is 0.114. The molecule has 132 valence electrons. The Hall–Kier alpha value is -1.34. The monoisotopic (exact) mass is 354 g/mol. The molecule has 1 aromatic rings. The molecule has 2 aliphatic rings. The number of rotatable bonds is 5. The van der Waals surface area contributed by atoms with Crippen molar-refractivity contribution >= 4 is 17.5 Å². The molecule has 0 spiro atoms. The summed E-state index contributed by atoms with van der Waals surface area (Å²) >= 11 is 5.92. The molecule has 0 bridgehead atoms. The second-order valence-corrected chi connectivity index (χ2v) is 6.63. The van der Waals surface area contributed by atoms with Crippen LogP contribution in [0.15, 0.2) is 24.3 Å². The molecule has 2 N–H and O–H groups in total. The number of halogens is 1. The van der Waals surface area contributed by atoms with E-state index in [-0.39, 0.29) is 18.1 Å². The van der Waals surface area contributed by atoms with Crippen molar-refractivity contribution in [2.45, 2.75) is 30.6 Å². The second kappa shape index (κ2) is 7.70. The normalized spacial score (nSPS) is 26.1. The number of benzene rings is 1. The summed E-state index contributed by atoms with van der Waals surface area (Å²) in [5.41, 5.74) is -0.889. The third-order valence-corrected chi connectivity index (χ3v) is 4.85. The molecule has 0 aromatic heterocycles. The summed E-state index contributed by atoms with van der Waals surface area (Å²) in [5.74, 6) is 0.527. The van der Waals surface area contributed by atoms with Gasteiger partial charge in [-0.15, -0.1) is 0 Å². The summed E-state index contributed by atoms with van der Waals surface area (Å²) < 4.78 is 16.9. The number of amides is 1. The molecule has 0 radical (unpaired) electrons. The molecule has 7 heteroatoms. The first-order valence-electron chi connectivity index (χ1n) is 8.20. The minimum Gasteiger partial charge on any atom is -0.477 e. The molecule has 2 fully saturated rings. The van der Waals surface area contributed by atoms with Gasteiger partial charge < -0.3 is 24.8 Å². The van der Waals surface area contributed by atoms with Crippen molar-refractivity contribution in [3.8, 4) is 5.75 Å². The number of hydrogen-bond donors (Lipinski definition) is 2. The van der Waals surface area contributed by atoms with Crippen LogP contribution in [-0.4, -0.2) is 57.1 Å². The lowest BCUT2D eigenvalue weighted by atomic mass is 9.90. The standard InChI is InChI=1S/C17H23ClN2O4/c1-22-15-11-23-10-14(15)20-16(21)17(6-8-19-9-7-17)24-13-4-2-12(18)3-5-13/h2-5,14-15,19H,6-11H2,1H3,(H,20,21)/t14-,15-/m0/s1. The average Bonchev–Trinajstić information content (AvgIpc) is 3.05. The highest BCUT2D eigenvalue weighted by Gasteiger charge is 2.44. The fourth-order valence-electron chi connectivity index (χ4n) is 3.14. The van der Waals surface area contributed by atoms with Crippen LogP contribution in [0.1, 0.15) is 12.8 Å². The second-order valence-electron chi connectivity index (χ2n) is 6.19.